The van der Waals surface area contributed by atoms with Gasteiger partial charge < -0.3 is 5.32 Å². The molecule has 1 aliphatic carbocycles. The summed E-state index contributed by atoms with van der Waals surface area (Å²) in [7, 11) is 0. The molecule has 1 aromatic carbocycles. The lowest BCUT2D eigenvalue weighted by Crippen LogP contribution is -2.11. The van der Waals surface area contributed by atoms with Gasteiger partial charge in [0.15, 0.2) is 5.16 Å². The van der Waals surface area contributed by atoms with Crippen molar-refractivity contribution in [1.82, 2.24) is 19.9 Å². The van der Waals surface area contributed by atoms with E-state index in [9.17, 15) is 0 Å². The maximum atomic E-state index is 5.92. The summed E-state index contributed by atoms with van der Waals surface area (Å²) in [4.78, 5) is 18.1. The fourth-order valence-electron chi connectivity index (χ4n) is 2.68. The van der Waals surface area contributed by atoms with Gasteiger partial charge in [0.1, 0.15) is 0 Å². The molecule has 0 unspecified atom stereocenters. The summed E-state index contributed by atoms with van der Waals surface area (Å²) in [6.45, 7) is 0. The molecule has 24 heavy (non-hydrogen) atoms. The zero-order valence-electron chi connectivity index (χ0n) is 13.0. The third kappa shape index (κ3) is 2.95. The normalized spacial score (nSPS) is 12.4. The smallest absolute Gasteiger partial charge is 0.227 e. The summed E-state index contributed by atoms with van der Waals surface area (Å²) in [5.74, 6) is 0.554. The average Bonchev–Trinajstić information content (AvgIpc) is 2.63. The highest BCUT2D eigenvalue weighted by atomic mass is 35.5. The molecule has 5 nitrogen and oxygen atoms in total. The molecule has 1 aliphatic rings. The number of halogens is 1. The minimum atomic E-state index is 0.554. The fourth-order valence-corrected chi connectivity index (χ4v) is 3.17. The highest BCUT2D eigenvalue weighted by molar-refractivity contribution is 7.98. The zero-order valence-corrected chi connectivity index (χ0v) is 14.5. The number of fused-ring (bicyclic) bond motifs is 3. The minimum Gasteiger partial charge on any atom is -0.324 e. The van der Waals surface area contributed by atoms with Crippen LogP contribution in [-0.2, 0) is 12.8 Å². The number of aryl methyl sites for hydroxylation is 2. The first kappa shape index (κ1) is 15.4. The zero-order chi connectivity index (χ0) is 16.5. The Balaban J connectivity index is 1.70. The second-order valence-electron chi connectivity index (χ2n) is 5.42. The molecule has 0 amide bonds. The Bertz CT molecular complexity index is 898. The Morgan fingerprint density at radius 3 is 2.67 bits per heavy atom. The van der Waals surface area contributed by atoms with Gasteiger partial charge in [0.25, 0.3) is 0 Å². The largest absolute Gasteiger partial charge is 0.324 e. The molecule has 0 bridgehead atoms. The number of hydrogen-bond acceptors (Lipinski definition) is 6. The van der Waals surface area contributed by atoms with Crippen LogP contribution in [0, 0.1) is 0 Å². The molecule has 0 saturated carbocycles. The molecular weight excluding hydrogens is 342 g/mol. The minimum absolute atomic E-state index is 0.554. The SMILES string of the molecule is CSc1ncc2c(n1)CCc1cnc(Nc3ccc(Cl)cc3)nc1-2. The molecule has 0 radical (unpaired) electrons. The molecule has 1 N–H and O–H groups in total. The van der Waals surface area contributed by atoms with Gasteiger partial charge in [-0.3, -0.25) is 0 Å². The van der Waals surface area contributed by atoms with E-state index in [0.29, 0.717) is 11.0 Å². The number of nitrogens with one attached hydrogen (secondary N) is 1. The molecule has 0 spiro atoms. The van der Waals surface area contributed by atoms with Crippen LogP contribution in [0.5, 0.6) is 0 Å². The topological polar surface area (TPSA) is 63.6 Å². The predicted octanol–water partition coefficient (Wildman–Crippen LogP) is 4.15. The van der Waals surface area contributed by atoms with Crippen molar-refractivity contribution in [3.63, 3.8) is 0 Å². The Hall–Kier alpha value is -2.18. The van der Waals surface area contributed by atoms with Gasteiger partial charge in [-0.15, -0.1) is 0 Å². The first-order valence-electron chi connectivity index (χ1n) is 7.52. The van der Waals surface area contributed by atoms with Gasteiger partial charge in [-0.05, 0) is 48.9 Å². The first-order chi connectivity index (χ1) is 11.7. The number of hydrogen-bond donors (Lipinski definition) is 1. The Kier molecular flexibility index (Phi) is 4.08. The number of rotatable bonds is 3. The van der Waals surface area contributed by atoms with Crippen LogP contribution in [0.1, 0.15) is 11.3 Å². The predicted molar refractivity (Wildman–Crippen MR) is 97.0 cm³/mol. The summed E-state index contributed by atoms with van der Waals surface area (Å²) >= 11 is 7.47. The van der Waals surface area contributed by atoms with Crippen molar-refractivity contribution >= 4 is 35.0 Å². The molecule has 4 rings (SSSR count). The standard InChI is InChI=1S/C17H14ClN5S/c1-24-17-20-9-13-14(22-17)7-2-10-8-19-16(23-15(10)13)21-12-5-3-11(18)4-6-12/h3-6,8-9H,2,7H2,1H3,(H,19,21,23). The summed E-state index contributed by atoms with van der Waals surface area (Å²) < 4.78 is 0. The van der Waals surface area contributed by atoms with Gasteiger partial charge in [-0.25, -0.2) is 19.9 Å². The van der Waals surface area contributed by atoms with E-state index in [4.69, 9.17) is 11.6 Å². The quantitative estimate of drug-likeness (QED) is 0.562. The van der Waals surface area contributed by atoms with Gasteiger partial charge in [-0.2, -0.15) is 0 Å². The lowest BCUT2D eigenvalue weighted by atomic mass is 9.95. The highest BCUT2D eigenvalue weighted by Gasteiger charge is 2.20. The first-order valence-corrected chi connectivity index (χ1v) is 9.12. The number of thioether (sulfide) groups is 1. The van der Waals surface area contributed by atoms with Crippen LogP contribution in [0.4, 0.5) is 11.6 Å². The highest BCUT2D eigenvalue weighted by Crippen LogP contribution is 2.32. The van der Waals surface area contributed by atoms with Crippen molar-refractivity contribution in [2.45, 2.75) is 18.0 Å². The van der Waals surface area contributed by atoms with E-state index in [2.05, 4.69) is 25.3 Å². The number of aromatic nitrogens is 4. The van der Waals surface area contributed by atoms with Crippen LogP contribution in [0.15, 0.2) is 41.8 Å². The molecule has 3 aromatic rings. The Labute approximate surface area is 148 Å². The molecule has 7 heteroatoms. The van der Waals surface area contributed by atoms with Crippen molar-refractivity contribution in [3.8, 4) is 11.3 Å². The summed E-state index contributed by atoms with van der Waals surface area (Å²) in [6.07, 6.45) is 7.52. The van der Waals surface area contributed by atoms with Crippen molar-refractivity contribution in [2.75, 3.05) is 11.6 Å². The van der Waals surface area contributed by atoms with Crippen LogP contribution in [0.2, 0.25) is 5.02 Å². The van der Waals surface area contributed by atoms with Gasteiger partial charge in [0, 0.05) is 28.7 Å². The molecule has 0 fully saturated rings. The van der Waals surface area contributed by atoms with Gasteiger partial charge in [0.2, 0.25) is 5.95 Å². The summed E-state index contributed by atoms with van der Waals surface area (Å²) in [5.41, 5.74) is 4.98. The second-order valence-corrected chi connectivity index (χ2v) is 6.63. The van der Waals surface area contributed by atoms with E-state index in [1.54, 1.807) is 11.8 Å². The average molecular weight is 356 g/mol. The van der Waals surface area contributed by atoms with Crippen LogP contribution in [0.3, 0.4) is 0 Å². The summed E-state index contributed by atoms with van der Waals surface area (Å²) in [6, 6.07) is 7.45. The second kappa shape index (κ2) is 6.37. The maximum Gasteiger partial charge on any atom is 0.227 e. The molecule has 0 saturated heterocycles. The number of benzene rings is 1. The van der Waals surface area contributed by atoms with Crippen molar-refractivity contribution in [2.24, 2.45) is 0 Å². The third-order valence-corrected chi connectivity index (χ3v) is 4.69. The van der Waals surface area contributed by atoms with Crippen molar-refractivity contribution < 1.29 is 0 Å². The number of nitrogens with zero attached hydrogens (tertiary/aromatic N) is 4. The fraction of sp³-hybridized carbons (Fsp3) is 0.176. The van der Waals surface area contributed by atoms with Gasteiger partial charge >= 0.3 is 0 Å². The molecule has 2 aromatic heterocycles. The third-order valence-electron chi connectivity index (χ3n) is 3.88. The molecule has 120 valence electrons. The molecule has 0 atom stereocenters. The van der Waals surface area contributed by atoms with E-state index in [0.717, 1.165) is 46.2 Å². The number of anilines is 2. The van der Waals surface area contributed by atoms with Gasteiger partial charge in [0.05, 0.1) is 11.4 Å². The van der Waals surface area contributed by atoms with E-state index < -0.39 is 0 Å². The van der Waals surface area contributed by atoms with E-state index >= 15 is 0 Å². The molecule has 0 aliphatic heterocycles. The van der Waals surface area contributed by atoms with Gasteiger partial charge in [-0.1, -0.05) is 23.4 Å². The molecule has 2 heterocycles. The monoisotopic (exact) mass is 355 g/mol. The lowest BCUT2D eigenvalue weighted by molar-refractivity contribution is 0.821. The van der Waals surface area contributed by atoms with E-state index in [1.165, 1.54) is 0 Å². The Morgan fingerprint density at radius 2 is 1.88 bits per heavy atom. The van der Waals surface area contributed by atoms with Crippen LogP contribution in [0.25, 0.3) is 11.3 Å². The summed E-state index contributed by atoms with van der Waals surface area (Å²) in [5, 5.41) is 4.70. The molecular formula is C17H14ClN5S. The maximum absolute atomic E-state index is 5.92. The van der Waals surface area contributed by atoms with Crippen LogP contribution >= 0.6 is 23.4 Å². The van der Waals surface area contributed by atoms with Crippen LogP contribution in [-0.4, -0.2) is 26.2 Å². The van der Waals surface area contributed by atoms with Crippen molar-refractivity contribution in [1.29, 1.82) is 0 Å². The van der Waals surface area contributed by atoms with E-state index in [-0.39, 0.29) is 0 Å². The van der Waals surface area contributed by atoms with Crippen molar-refractivity contribution in [3.05, 3.63) is 52.9 Å². The lowest BCUT2D eigenvalue weighted by Gasteiger charge is -2.18. The van der Waals surface area contributed by atoms with Crippen LogP contribution < -0.4 is 5.32 Å². The Morgan fingerprint density at radius 1 is 1.04 bits per heavy atom. The van der Waals surface area contributed by atoms with E-state index in [1.807, 2.05) is 42.9 Å².